The molecule has 0 aromatic carbocycles. The molecule has 1 rings (SSSR count). The highest BCUT2D eigenvalue weighted by molar-refractivity contribution is 5.72. The van der Waals surface area contributed by atoms with Crippen molar-refractivity contribution in [3.8, 4) is 0 Å². The lowest BCUT2D eigenvalue weighted by Gasteiger charge is -2.34. The summed E-state index contributed by atoms with van der Waals surface area (Å²) < 4.78 is 5.01. The molecule has 1 aliphatic heterocycles. The molecule has 1 heterocycles. The standard InChI is InChI=1S/C11H22N2O2/c1-3-10(12)13-7-5-9(6-8-13)11(14)15-4-2/h9-10H,3-8,12H2,1-2H3/t10-/m1/s1. The number of hydrogen-bond acceptors (Lipinski definition) is 4. The summed E-state index contributed by atoms with van der Waals surface area (Å²) in [5, 5.41) is 0. The molecule has 2 N–H and O–H groups in total. The van der Waals surface area contributed by atoms with E-state index >= 15 is 0 Å². The molecule has 0 unspecified atom stereocenters. The number of hydrogen-bond donors (Lipinski definition) is 1. The van der Waals surface area contributed by atoms with Crippen LogP contribution >= 0.6 is 0 Å². The molecular formula is C11H22N2O2. The molecule has 1 atom stereocenters. The predicted octanol–water partition coefficient (Wildman–Crippen LogP) is 0.956. The number of nitrogens with zero attached hydrogens (tertiary/aromatic N) is 1. The van der Waals surface area contributed by atoms with Crippen LogP contribution in [0, 0.1) is 5.92 Å². The zero-order chi connectivity index (χ0) is 11.3. The fourth-order valence-corrected chi connectivity index (χ4v) is 1.99. The highest BCUT2D eigenvalue weighted by atomic mass is 16.5. The van der Waals surface area contributed by atoms with Gasteiger partial charge in [0.15, 0.2) is 0 Å². The van der Waals surface area contributed by atoms with Crippen molar-refractivity contribution in [1.29, 1.82) is 0 Å². The largest absolute Gasteiger partial charge is 0.466 e. The molecule has 0 aliphatic carbocycles. The lowest BCUT2D eigenvalue weighted by atomic mass is 9.96. The summed E-state index contributed by atoms with van der Waals surface area (Å²) >= 11 is 0. The number of likely N-dealkylation sites (tertiary alicyclic amines) is 1. The molecule has 0 aromatic heterocycles. The van der Waals surface area contributed by atoms with Gasteiger partial charge in [0.1, 0.15) is 0 Å². The Morgan fingerprint density at radius 3 is 2.53 bits per heavy atom. The van der Waals surface area contributed by atoms with Gasteiger partial charge in [-0.05, 0) is 26.2 Å². The van der Waals surface area contributed by atoms with Gasteiger partial charge in [0.25, 0.3) is 0 Å². The van der Waals surface area contributed by atoms with E-state index in [0.717, 1.165) is 32.4 Å². The number of ether oxygens (including phenoxy) is 1. The van der Waals surface area contributed by atoms with Crippen LogP contribution in [-0.4, -0.2) is 36.7 Å². The highest BCUT2D eigenvalue weighted by Gasteiger charge is 2.27. The van der Waals surface area contributed by atoms with E-state index in [1.165, 1.54) is 0 Å². The van der Waals surface area contributed by atoms with Gasteiger partial charge in [0, 0.05) is 13.1 Å². The monoisotopic (exact) mass is 214 g/mol. The zero-order valence-corrected chi connectivity index (χ0v) is 9.74. The quantitative estimate of drug-likeness (QED) is 0.708. The number of carbonyl (C=O) groups excluding carboxylic acids is 1. The Labute approximate surface area is 91.8 Å². The van der Waals surface area contributed by atoms with Crippen LogP contribution in [0.5, 0.6) is 0 Å². The Morgan fingerprint density at radius 2 is 2.07 bits per heavy atom. The third-order valence-corrected chi connectivity index (χ3v) is 3.04. The minimum atomic E-state index is -0.0396. The molecule has 4 heteroatoms. The second kappa shape index (κ2) is 6.08. The van der Waals surface area contributed by atoms with Gasteiger partial charge in [0.05, 0.1) is 18.7 Å². The summed E-state index contributed by atoms with van der Waals surface area (Å²) in [6.07, 6.45) is 2.87. The van der Waals surface area contributed by atoms with E-state index in [1.54, 1.807) is 0 Å². The van der Waals surface area contributed by atoms with Crippen molar-refractivity contribution in [2.24, 2.45) is 11.7 Å². The Morgan fingerprint density at radius 1 is 1.47 bits per heavy atom. The topological polar surface area (TPSA) is 55.6 Å². The molecule has 1 fully saturated rings. The smallest absolute Gasteiger partial charge is 0.309 e. The Bertz CT molecular complexity index is 201. The van der Waals surface area contributed by atoms with Gasteiger partial charge in [-0.25, -0.2) is 0 Å². The average Bonchev–Trinajstić information content (AvgIpc) is 2.28. The summed E-state index contributed by atoms with van der Waals surface area (Å²) in [4.78, 5) is 13.7. The highest BCUT2D eigenvalue weighted by Crippen LogP contribution is 2.19. The van der Waals surface area contributed by atoms with E-state index in [2.05, 4.69) is 11.8 Å². The van der Waals surface area contributed by atoms with Gasteiger partial charge in [-0.15, -0.1) is 0 Å². The molecule has 0 aromatic rings. The van der Waals surface area contributed by atoms with E-state index < -0.39 is 0 Å². The molecule has 0 bridgehead atoms. The third kappa shape index (κ3) is 3.47. The number of esters is 1. The first kappa shape index (κ1) is 12.5. The first-order valence-corrected chi connectivity index (χ1v) is 5.85. The normalized spacial score (nSPS) is 21.3. The lowest BCUT2D eigenvalue weighted by molar-refractivity contribution is -0.149. The minimum absolute atomic E-state index is 0.0396. The van der Waals surface area contributed by atoms with Crippen LogP contribution in [-0.2, 0) is 9.53 Å². The molecule has 1 saturated heterocycles. The lowest BCUT2D eigenvalue weighted by Crippen LogP contribution is -2.47. The van der Waals surface area contributed by atoms with Gasteiger partial charge in [-0.2, -0.15) is 0 Å². The van der Waals surface area contributed by atoms with Crippen molar-refractivity contribution in [3.63, 3.8) is 0 Å². The second-order valence-corrected chi connectivity index (χ2v) is 4.04. The molecule has 0 amide bonds. The first-order chi connectivity index (χ1) is 7.19. The van der Waals surface area contributed by atoms with E-state index in [9.17, 15) is 4.79 Å². The summed E-state index contributed by atoms with van der Waals surface area (Å²) in [7, 11) is 0. The van der Waals surface area contributed by atoms with Crippen molar-refractivity contribution in [2.75, 3.05) is 19.7 Å². The van der Waals surface area contributed by atoms with Crippen LogP contribution in [0.4, 0.5) is 0 Å². The molecule has 1 aliphatic rings. The number of piperidine rings is 1. The first-order valence-electron chi connectivity index (χ1n) is 5.85. The second-order valence-electron chi connectivity index (χ2n) is 4.04. The van der Waals surface area contributed by atoms with Crippen LogP contribution in [0.25, 0.3) is 0 Å². The van der Waals surface area contributed by atoms with Gasteiger partial charge < -0.3 is 10.5 Å². The van der Waals surface area contributed by atoms with E-state index in [4.69, 9.17) is 10.5 Å². The van der Waals surface area contributed by atoms with Crippen LogP contribution in [0.2, 0.25) is 0 Å². The number of carbonyl (C=O) groups is 1. The van der Waals surface area contributed by atoms with Gasteiger partial charge in [-0.1, -0.05) is 6.92 Å². The van der Waals surface area contributed by atoms with E-state index in [1.807, 2.05) is 6.92 Å². The SMILES string of the molecule is CCOC(=O)C1CCN([C@@H](N)CC)CC1. The van der Waals surface area contributed by atoms with Crippen molar-refractivity contribution in [3.05, 3.63) is 0 Å². The Hall–Kier alpha value is -0.610. The van der Waals surface area contributed by atoms with Crippen molar-refractivity contribution < 1.29 is 9.53 Å². The summed E-state index contributed by atoms with van der Waals surface area (Å²) in [5.74, 6) is 0.0486. The van der Waals surface area contributed by atoms with Crippen LogP contribution in [0.3, 0.4) is 0 Å². The molecule has 0 radical (unpaired) electrons. The van der Waals surface area contributed by atoms with Crippen molar-refractivity contribution >= 4 is 5.97 Å². The minimum Gasteiger partial charge on any atom is -0.466 e. The fourth-order valence-electron chi connectivity index (χ4n) is 1.99. The summed E-state index contributed by atoms with van der Waals surface area (Å²) in [5.41, 5.74) is 5.94. The Balaban J connectivity index is 2.32. The maximum atomic E-state index is 11.5. The molecule has 0 saturated carbocycles. The van der Waals surface area contributed by atoms with Crippen LogP contribution < -0.4 is 5.73 Å². The van der Waals surface area contributed by atoms with Gasteiger partial charge in [0.2, 0.25) is 0 Å². The van der Waals surface area contributed by atoms with E-state index in [0.29, 0.717) is 6.61 Å². The maximum absolute atomic E-state index is 11.5. The third-order valence-electron chi connectivity index (χ3n) is 3.04. The fraction of sp³-hybridized carbons (Fsp3) is 0.909. The zero-order valence-electron chi connectivity index (χ0n) is 9.74. The van der Waals surface area contributed by atoms with E-state index in [-0.39, 0.29) is 18.1 Å². The predicted molar refractivity (Wildman–Crippen MR) is 59.2 cm³/mol. The average molecular weight is 214 g/mol. The molecular weight excluding hydrogens is 192 g/mol. The molecule has 15 heavy (non-hydrogen) atoms. The van der Waals surface area contributed by atoms with Crippen molar-refractivity contribution in [2.45, 2.75) is 39.3 Å². The van der Waals surface area contributed by atoms with Gasteiger partial charge in [-0.3, -0.25) is 9.69 Å². The molecule has 4 nitrogen and oxygen atoms in total. The van der Waals surface area contributed by atoms with Crippen LogP contribution in [0.15, 0.2) is 0 Å². The number of rotatable bonds is 4. The molecule has 0 spiro atoms. The summed E-state index contributed by atoms with van der Waals surface area (Å²) in [6, 6.07) is 0. The van der Waals surface area contributed by atoms with Gasteiger partial charge >= 0.3 is 5.97 Å². The Kier molecular flexibility index (Phi) is 5.05. The molecule has 88 valence electrons. The number of nitrogens with two attached hydrogens (primary N) is 1. The van der Waals surface area contributed by atoms with Crippen molar-refractivity contribution in [1.82, 2.24) is 4.90 Å². The summed E-state index contributed by atoms with van der Waals surface area (Å²) in [6.45, 7) is 6.24. The maximum Gasteiger partial charge on any atom is 0.309 e. The van der Waals surface area contributed by atoms with Crippen LogP contribution in [0.1, 0.15) is 33.1 Å².